The van der Waals surface area contributed by atoms with Gasteiger partial charge in [-0.1, -0.05) is 6.07 Å². The maximum Gasteiger partial charge on any atom is 0.260 e. The van der Waals surface area contributed by atoms with Crippen molar-refractivity contribution in [3.05, 3.63) is 46.5 Å². The normalized spacial score (nSPS) is 11.6. The van der Waals surface area contributed by atoms with Crippen LogP contribution in [0, 0.1) is 6.92 Å². The smallest absolute Gasteiger partial charge is 0.260 e. The van der Waals surface area contributed by atoms with Crippen LogP contribution in [0.3, 0.4) is 0 Å². The summed E-state index contributed by atoms with van der Waals surface area (Å²) in [6, 6.07) is 5.26. The number of rotatable bonds is 0. The van der Waals surface area contributed by atoms with E-state index in [2.05, 4.69) is 4.98 Å². The van der Waals surface area contributed by atoms with E-state index in [-0.39, 0.29) is 11.7 Å². The van der Waals surface area contributed by atoms with Gasteiger partial charge in [-0.3, -0.25) is 9.20 Å². The Hall–Kier alpha value is -1.64. The second kappa shape index (κ2) is 2.44. The van der Waals surface area contributed by atoms with Crippen LogP contribution in [-0.4, -0.2) is 9.38 Å². The van der Waals surface area contributed by atoms with Crippen LogP contribution in [0.5, 0.6) is 0 Å². The first-order valence-electron chi connectivity index (χ1n) is 4.15. The minimum atomic E-state index is -0.171. The van der Waals surface area contributed by atoms with Crippen molar-refractivity contribution < 1.29 is 1.37 Å². The molecular formula is C9H8N2O. The topological polar surface area (TPSA) is 34.4 Å². The Bertz CT molecular complexity index is 518. The molecule has 0 aliphatic heterocycles. The molecule has 0 unspecified atom stereocenters. The molecule has 0 bridgehead atoms. The molecule has 0 aliphatic carbocycles. The predicted octanol–water partition coefficient (Wildman–Crippen LogP) is 1.00. The number of aromatic nitrogens is 2. The van der Waals surface area contributed by atoms with Crippen molar-refractivity contribution >= 4 is 5.65 Å². The molecule has 0 saturated carbocycles. The average Bonchev–Trinajstić information content (AvgIpc) is 2.15. The number of nitrogens with zero attached hydrogens (tertiary/aromatic N) is 2. The lowest BCUT2D eigenvalue weighted by Gasteiger charge is -1.98. The van der Waals surface area contributed by atoms with Crippen molar-refractivity contribution in [2.45, 2.75) is 6.92 Å². The van der Waals surface area contributed by atoms with Gasteiger partial charge in [-0.15, -0.1) is 0 Å². The molecule has 0 atom stereocenters. The highest BCUT2D eigenvalue weighted by Crippen LogP contribution is 1.95. The average molecular weight is 161 g/mol. The number of pyridine rings is 1. The predicted molar refractivity (Wildman–Crippen MR) is 46.2 cm³/mol. The van der Waals surface area contributed by atoms with Crippen molar-refractivity contribution in [3.63, 3.8) is 0 Å². The van der Waals surface area contributed by atoms with E-state index in [9.17, 15) is 4.79 Å². The maximum atomic E-state index is 11.6. The highest BCUT2D eigenvalue weighted by Gasteiger charge is 1.97. The summed E-state index contributed by atoms with van der Waals surface area (Å²) in [7, 11) is 0. The Kier molecular flexibility index (Phi) is 1.21. The summed E-state index contributed by atoms with van der Waals surface area (Å²) >= 11 is 0. The van der Waals surface area contributed by atoms with Gasteiger partial charge >= 0.3 is 0 Å². The van der Waals surface area contributed by atoms with Crippen LogP contribution in [0.25, 0.3) is 5.65 Å². The first-order chi connectivity index (χ1) is 6.20. The molecule has 60 valence electrons. The molecule has 0 aliphatic rings. The molecule has 2 rings (SSSR count). The SMILES string of the molecule is [2H]c1nc2ccccn2c(=O)c1C. The van der Waals surface area contributed by atoms with Crippen LogP contribution in [0.1, 0.15) is 6.93 Å². The lowest BCUT2D eigenvalue weighted by atomic mass is 10.3. The van der Waals surface area contributed by atoms with E-state index in [0.717, 1.165) is 0 Å². The highest BCUT2D eigenvalue weighted by atomic mass is 16.1. The highest BCUT2D eigenvalue weighted by molar-refractivity contribution is 5.37. The molecule has 0 spiro atoms. The Balaban J connectivity index is 3.03. The number of hydrogen-bond acceptors (Lipinski definition) is 2. The Labute approximate surface area is 70.7 Å². The third kappa shape index (κ3) is 0.906. The van der Waals surface area contributed by atoms with E-state index in [0.29, 0.717) is 11.2 Å². The van der Waals surface area contributed by atoms with Gasteiger partial charge < -0.3 is 0 Å². The zero-order chi connectivity index (χ0) is 9.42. The van der Waals surface area contributed by atoms with Crippen LogP contribution in [0.4, 0.5) is 0 Å². The molecule has 12 heavy (non-hydrogen) atoms. The van der Waals surface area contributed by atoms with E-state index in [1.807, 2.05) is 0 Å². The zero-order valence-corrected chi connectivity index (χ0v) is 6.61. The largest absolute Gasteiger partial charge is 0.269 e. The summed E-state index contributed by atoms with van der Waals surface area (Å²) in [6.45, 7) is 1.61. The molecule has 2 aromatic heterocycles. The second-order valence-corrected chi connectivity index (χ2v) is 2.58. The minimum absolute atomic E-state index is 0.0520. The number of fused-ring (bicyclic) bond motifs is 1. The van der Waals surface area contributed by atoms with E-state index in [1.54, 1.807) is 31.3 Å². The number of hydrogen-bond donors (Lipinski definition) is 0. The van der Waals surface area contributed by atoms with Gasteiger partial charge in [0, 0.05) is 17.9 Å². The Morgan fingerprint density at radius 2 is 2.42 bits per heavy atom. The fourth-order valence-corrected chi connectivity index (χ4v) is 1.07. The molecule has 3 nitrogen and oxygen atoms in total. The minimum Gasteiger partial charge on any atom is -0.269 e. The van der Waals surface area contributed by atoms with Crippen LogP contribution >= 0.6 is 0 Å². The molecule has 0 N–H and O–H groups in total. The zero-order valence-electron chi connectivity index (χ0n) is 7.61. The first kappa shape index (κ1) is 5.94. The molecule has 0 radical (unpaired) electrons. The standard InChI is InChI=1S/C9H8N2O/c1-7-6-10-8-4-2-3-5-11(8)9(7)12/h2-6H,1H3/i6D. The molecule has 2 aromatic rings. The third-order valence-electron chi connectivity index (χ3n) is 1.72. The van der Waals surface area contributed by atoms with E-state index < -0.39 is 0 Å². The van der Waals surface area contributed by atoms with Crippen LogP contribution in [0.2, 0.25) is 0 Å². The maximum absolute atomic E-state index is 11.6. The molecular weight excluding hydrogens is 152 g/mol. The third-order valence-corrected chi connectivity index (χ3v) is 1.72. The van der Waals surface area contributed by atoms with E-state index in [1.165, 1.54) is 4.40 Å². The summed E-state index contributed by atoms with van der Waals surface area (Å²) in [5.74, 6) is 0. The van der Waals surface area contributed by atoms with E-state index in [4.69, 9.17) is 1.37 Å². The molecule has 0 aromatic carbocycles. The fourth-order valence-electron chi connectivity index (χ4n) is 1.07. The summed E-state index contributed by atoms with van der Waals surface area (Å²) in [5, 5.41) is 0. The Morgan fingerprint density at radius 3 is 3.25 bits per heavy atom. The molecule has 0 saturated heterocycles. The van der Waals surface area contributed by atoms with Crippen LogP contribution in [-0.2, 0) is 0 Å². The summed E-state index contributed by atoms with van der Waals surface area (Å²) in [5.41, 5.74) is 0.724. The summed E-state index contributed by atoms with van der Waals surface area (Å²) < 4.78 is 8.86. The van der Waals surface area contributed by atoms with Gasteiger partial charge in [0.25, 0.3) is 5.56 Å². The van der Waals surface area contributed by atoms with Crippen molar-refractivity contribution in [2.24, 2.45) is 0 Å². The molecule has 0 fully saturated rings. The van der Waals surface area contributed by atoms with Gasteiger partial charge in [0.2, 0.25) is 0 Å². The van der Waals surface area contributed by atoms with Crippen molar-refractivity contribution in [3.8, 4) is 0 Å². The Morgan fingerprint density at radius 1 is 1.58 bits per heavy atom. The monoisotopic (exact) mass is 161 g/mol. The second-order valence-electron chi connectivity index (χ2n) is 2.58. The molecule has 3 heteroatoms. The van der Waals surface area contributed by atoms with E-state index >= 15 is 0 Å². The van der Waals surface area contributed by atoms with Crippen LogP contribution < -0.4 is 5.56 Å². The first-order valence-corrected chi connectivity index (χ1v) is 3.65. The quantitative estimate of drug-likeness (QED) is 0.577. The summed E-state index contributed by atoms with van der Waals surface area (Å²) in [6.07, 6.45) is 1.70. The van der Waals surface area contributed by atoms with Gasteiger partial charge in [0.15, 0.2) is 0 Å². The lowest BCUT2D eigenvalue weighted by Crippen LogP contribution is -2.16. The fraction of sp³-hybridized carbons (Fsp3) is 0.111. The van der Waals surface area contributed by atoms with Gasteiger partial charge in [0.05, 0.1) is 1.37 Å². The van der Waals surface area contributed by atoms with Gasteiger partial charge in [-0.25, -0.2) is 4.98 Å². The van der Waals surface area contributed by atoms with Crippen molar-refractivity contribution in [1.82, 2.24) is 9.38 Å². The van der Waals surface area contributed by atoms with Gasteiger partial charge in [0.1, 0.15) is 5.65 Å². The van der Waals surface area contributed by atoms with Crippen molar-refractivity contribution in [2.75, 3.05) is 0 Å². The van der Waals surface area contributed by atoms with Crippen molar-refractivity contribution in [1.29, 1.82) is 0 Å². The summed E-state index contributed by atoms with van der Waals surface area (Å²) in [4.78, 5) is 15.5. The van der Waals surface area contributed by atoms with Gasteiger partial charge in [-0.2, -0.15) is 0 Å². The lowest BCUT2D eigenvalue weighted by molar-refractivity contribution is 1.02. The molecule has 0 amide bonds. The molecule has 2 heterocycles. The van der Waals surface area contributed by atoms with Gasteiger partial charge in [-0.05, 0) is 19.1 Å². The van der Waals surface area contributed by atoms with Crippen LogP contribution in [0.15, 0.2) is 35.4 Å².